The monoisotopic (exact) mass is 249 g/mol. The summed E-state index contributed by atoms with van der Waals surface area (Å²) >= 11 is 0. The Kier molecular flexibility index (Phi) is 3.07. The molecule has 0 fully saturated rings. The lowest BCUT2D eigenvalue weighted by molar-refractivity contribution is 0.628. The van der Waals surface area contributed by atoms with E-state index < -0.39 is 0 Å². The van der Waals surface area contributed by atoms with E-state index >= 15 is 0 Å². The van der Waals surface area contributed by atoms with E-state index in [0.717, 1.165) is 22.4 Å². The summed E-state index contributed by atoms with van der Waals surface area (Å²) in [4.78, 5) is 4.36. The lowest BCUT2D eigenvalue weighted by atomic mass is 9.97. The first kappa shape index (κ1) is 11.6. The Morgan fingerprint density at radius 2 is 1.53 bits per heavy atom. The molecule has 19 heavy (non-hydrogen) atoms. The zero-order chi connectivity index (χ0) is 13.1. The smallest absolute Gasteiger partial charge is 0.123 e. The van der Waals surface area contributed by atoms with Crippen molar-refractivity contribution in [1.82, 2.24) is 4.98 Å². The van der Waals surface area contributed by atoms with E-state index in [1.54, 1.807) is 18.3 Å². The summed E-state index contributed by atoms with van der Waals surface area (Å²) in [5, 5.41) is 0. The summed E-state index contributed by atoms with van der Waals surface area (Å²) in [6.07, 6.45) is 1.76. The van der Waals surface area contributed by atoms with E-state index in [2.05, 4.69) is 4.98 Å². The predicted molar refractivity (Wildman–Crippen MR) is 75.1 cm³/mol. The molecule has 0 spiro atoms. The Morgan fingerprint density at radius 3 is 2.26 bits per heavy atom. The van der Waals surface area contributed by atoms with Crippen molar-refractivity contribution in [3.63, 3.8) is 0 Å². The molecule has 2 aromatic carbocycles. The van der Waals surface area contributed by atoms with Crippen molar-refractivity contribution in [2.45, 2.75) is 0 Å². The first-order valence-electron chi connectivity index (χ1n) is 6.11. The molecule has 0 unspecified atom stereocenters. The molecule has 92 valence electrons. The van der Waals surface area contributed by atoms with E-state index in [1.165, 1.54) is 6.07 Å². The number of pyridine rings is 1. The highest BCUT2D eigenvalue weighted by molar-refractivity contribution is 5.81. The number of benzene rings is 2. The number of hydrogen-bond donors (Lipinski definition) is 0. The van der Waals surface area contributed by atoms with Crippen molar-refractivity contribution in [3.8, 4) is 22.4 Å². The molecule has 0 bridgehead atoms. The molecule has 0 radical (unpaired) electrons. The lowest BCUT2D eigenvalue weighted by Crippen LogP contribution is -1.87. The Labute approximate surface area is 111 Å². The van der Waals surface area contributed by atoms with Gasteiger partial charge in [-0.15, -0.1) is 0 Å². The Balaban J connectivity index is 2.18. The maximum atomic E-state index is 13.4. The fourth-order valence-corrected chi connectivity index (χ4v) is 2.14. The molecule has 2 heteroatoms. The third kappa shape index (κ3) is 2.38. The fourth-order valence-electron chi connectivity index (χ4n) is 2.14. The van der Waals surface area contributed by atoms with Gasteiger partial charge in [-0.1, -0.05) is 42.5 Å². The van der Waals surface area contributed by atoms with Gasteiger partial charge in [0.25, 0.3) is 0 Å². The van der Waals surface area contributed by atoms with Gasteiger partial charge in [-0.2, -0.15) is 0 Å². The second kappa shape index (κ2) is 5.02. The van der Waals surface area contributed by atoms with E-state index in [4.69, 9.17) is 0 Å². The van der Waals surface area contributed by atoms with Gasteiger partial charge in [0.05, 0.1) is 5.69 Å². The van der Waals surface area contributed by atoms with Crippen LogP contribution in [-0.4, -0.2) is 4.98 Å². The summed E-state index contributed by atoms with van der Waals surface area (Å²) in [5.74, 6) is -0.228. The van der Waals surface area contributed by atoms with Gasteiger partial charge in [-0.05, 0) is 35.4 Å². The zero-order valence-electron chi connectivity index (χ0n) is 10.3. The van der Waals surface area contributed by atoms with Crippen LogP contribution in [0.1, 0.15) is 0 Å². The molecule has 3 rings (SSSR count). The average Bonchev–Trinajstić information content (AvgIpc) is 2.48. The van der Waals surface area contributed by atoms with E-state index in [9.17, 15) is 4.39 Å². The van der Waals surface area contributed by atoms with Gasteiger partial charge in [0.15, 0.2) is 0 Å². The molecule has 0 saturated carbocycles. The predicted octanol–water partition coefficient (Wildman–Crippen LogP) is 4.55. The van der Waals surface area contributed by atoms with Crippen LogP contribution < -0.4 is 0 Å². The number of hydrogen-bond acceptors (Lipinski definition) is 1. The standard InChI is InChI=1S/C17H12FN/c18-14-7-5-6-13(12-14)15-8-1-2-9-16(15)17-10-3-4-11-19-17/h1-12H. The maximum absolute atomic E-state index is 13.4. The van der Waals surface area contributed by atoms with Crippen LogP contribution in [0.5, 0.6) is 0 Å². The molecule has 1 heterocycles. The van der Waals surface area contributed by atoms with Gasteiger partial charge in [-0.3, -0.25) is 4.98 Å². The van der Waals surface area contributed by atoms with Gasteiger partial charge in [0, 0.05) is 11.8 Å². The number of halogens is 1. The first-order valence-corrected chi connectivity index (χ1v) is 6.11. The minimum absolute atomic E-state index is 0.228. The van der Waals surface area contributed by atoms with Crippen molar-refractivity contribution in [1.29, 1.82) is 0 Å². The highest BCUT2D eigenvalue weighted by atomic mass is 19.1. The Morgan fingerprint density at radius 1 is 0.737 bits per heavy atom. The van der Waals surface area contributed by atoms with E-state index in [1.807, 2.05) is 48.5 Å². The van der Waals surface area contributed by atoms with Gasteiger partial charge >= 0.3 is 0 Å². The molecule has 0 aliphatic heterocycles. The molecule has 1 nitrogen and oxygen atoms in total. The minimum atomic E-state index is -0.228. The van der Waals surface area contributed by atoms with Crippen LogP contribution in [-0.2, 0) is 0 Å². The summed E-state index contributed by atoms with van der Waals surface area (Å²) in [6.45, 7) is 0. The molecule has 0 atom stereocenters. The van der Waals surface area contributed by atoms with Crippen molar-refractivity contribution in [2.24, 2.45) is 0 Å². The normalized spacial score (nSPS) is 10.4. The summed E-state index contributed by atoms with van der Waals surface area (Å²) in [6, 6.07) is 20.3. The third-order valence-corrected chi connectivity index (χ3v) is 3.00. The molecule has 1 aromatic heterocycles. The fraction of sp³-hybridized carbons (Fsp3) is 0. The topological polar surface area (TPSA) is 12.9 Å². The van der Waals surface area contributed by atoms with Gasteiger partial charge < -0.3 is 0 Å². The highest BCUT2D eigenvalue weighted by Gasteiger charge is 2.07. The number of rotatable bonds is 2. The van der Waals surface area contributed by atoms with Crippen molar-refractivity contribution >= 4 is 0 Å². The van der Waals surface area contributed by atoms with Crippen LogP contribution >= 0.6 is 0 Å². The van der Waals surface area contributed by atoms with Crippen LogP contribution in [0.4, 0.5) is 4.39 Å². The number of nitrogens with zero attached hydrogens (tertiary/aromatic N) is 1. The van der Waals surface area contributed by atoms with Crippen LogP contribution in [0.15, 0.2) is 72.9 Å². The molecule has 0 N–H and O–H groups in total. The average molecular weight is 249 g/mol. The van der Waals surface area contributed by atoms with Gasteiger partial charge in [0.1, 0.15) is 5.82 Å². The number of aromatic nitrogens is 1. The van der Waals surface area contributed by atoms with Crippen LogP contribution in [0, 0.1) is 5.82 Å². The molecule has 0 saturated heterocycles. The van der Waals surface area contributed by atoms with E-state index in [0.29, 0.717) is 0 Å². The molecule has 0 aliphatic carbocycles. The van der Waals surface area contributed by atoms with E-state index in [-0.39, 0.29) is 5.82 Å². The second-order valence-corrected chi connectivity index (χ2v) is 4.27. The lowest BCUT2D eigenvalue weighted by Gasteiger charge is -2.09. The minimum Gasteiger partial charge on any atom is -0.256 e. The van der Waals surface area contributed by atoms with Gasteiger partial charge in [0.2, 0.25) is 0 Å². The highest BCUT2D eigenvalue weighted by Crippen LogP contribution is 2.30. The van der Waals surface area contributed by atoms with Crippen LogP contribution in [0.2, 0.25) is 0 Å². The van der Waals surface area contributed by atoms with Crippen molar-refractivity contribution < 1.29 is 4.39 Å². The van der Waals surface area contributed by atoms with Crippen LogP contribution in [0.25, 0.3) is 22.4 Å². The summed E-state index contributed by atoms with van der Waals surface area (Å²) in [7, 11) is 0. The van der Waals surface area contributed by atoms with Crippen molar-refractivity contribution in [3.05, 3.63) is 78.7 Å². The molecular weight excluding hydrogens is 237 g/mol. The summed E-state index contributed by atoms with van der Waals surface area (Å²) in [5.41, 5.74) is 3.75. The summed E-state index contributed by atoms with van der Waals surface area (Å²) < 4.78 is 13.4. The van der Waals surface area contributed by atoms with Gasteiger partial charge in [-0.25, -0.2) is 4.39 Å². The molecule has 0 aliphatic rings. The molecule has 3 aromatic rings. The Hall–Kier alpha value is -2.48. The second-order valence-electron chi connectivity index (χ2n) is 4.27. The quantitative estimate of drug-likeness (QED) is 0.649. The first-order chi connectivity index (χ1) is 9.34. The molecule has 0 amide bonds. The van der Waals surface area contributed by atoms with Crippen LogP contribution in [0.3, 0.4) is 0 Å². The maximum Gasteiger partial charge on any atom is 0.123 e. The van der Waals surface area contributed by atoms with Crippen molar-refractivity contribution in [2.75, 3.05) is 0 Å². The Bertz CT molecular complexity index is 692. The molecular formula is C17H12FN. The zero-order valence-corrected chi connectivity index (χ0v) is 10.3. The third-order valence-electron chi connectivity index (χ3n) is 3.00. The largest absolute Gasteiger partial charge is 0.256 e. The SMILES string of the molecule is Fc1cccc(-c2ccccc2-c2ccccn2)c1.